The predicted octanol–water partition coefficient (Wildman–Crippen LogP) is -3.59. The average molecular weight is 202 g/mol. The summed E-state index contributed by atoms with van der Waals surface area (Å²) in [6.45, 7) is 1.44. The van der Waals surface area contributed by atoms with E-state index in [1.807, 2.05) is 0 Å². The molecule has 0 bridgehead atoms. The fourth-order valence-corrected chi connectivity index (χ4v) is 0.118. The van der Waals surface area contributed by atoms with Gasteiger partial charge in [0.05, 0.1) is 0 Å². The van der Waals surface area contributed by atoms with Gasteiger partial charge in [0.15, 0.2) is 0 Å². The van der Waals surface area contributed by atoms with Gasteiger partial charge in [-0.05, 0) is 19.5 Å². The van der Waals surface area contributed by atoms with E-state index in [9.17, 15) is 0 Å². The second-order valence-corrected chi connectivity index (χ2v) is 0.931. The maximum Gasteiger partial charge on any atom is 1.00 e. The Morgan fingerprint density at radius 3 is 1.50 bits per heavy atom. The molecule has 2 nitrogen and oxygen atoms in total. The molecule has 0 aromatic heterocycles. The standard InChI is InChI=1S/C3H10N2.HI/c4-2-1-3-5;/h1-5H2;1H. The van der Waals surface area contributed by atoms with Crippen LogP contribution in [0.2, 0.25) is 0 Å². The molecule has 3 heteroatoms. The first-order valence-electron chi connectivity index (χ1n) is 1.82. The van der Waals surface area contributed by atoms with Crippen LogP contribution >= 0.6 is 0 Å². The maximum atomic E-state index is 5.06. The number of hydrogen-bond acceptors (Lipinski definition) is 2. The zero-order valence-corrected chi connectivity index (χ0v) is 5.81. The summed E-state index contributed by atoms with van der Waals surface area (Å²) in [4.78, 5) is 0. The summed E-state index contributed by atoms with van der Waals surface area (Å²) in [6, 6.07) is 0. The second kappa shape index (κ2) is 9.17. The highest BCUT2D eigenvalue weighted by Crippen LogP contribution is 1.58. The Balaban J connectivity index is -0.0000000800. The van der Waals surface area contributed by atoms with Crippen LogP contribution in [0.1, 0.15) is 7.85 Å². The molecule has 0 rings (SSSR count). The van der Waals surface area contributed by atoms with Gasteiger partial charge in [0.1, 0.15) is 0 Å². The van der Waals surface area contributed by atoms with E-state index in [4.69, 9.17) is 11.5 Å². The van der Waals surface area contributed by atoms with E-state index in [-0.39, 0.29) is 25.4 Å². The predicted molar refractivity (Wildman–Crippen MR) is 23.8 cm³/mol. The third-order valence-corrected chi connectivity index (χ3v) is 0.408. The van der Waals surface area contributed by atoms with Crippen molar-refractivity contribution in [1.82, 2.24) is 0 Å². The normalized spacial score (nSPS) is 7.00. The van der Waals surface area contributed by atoms with E-state index in [0.29, 0.717) is 0 Å². The van der Waals surface area contributed by atoms with Crippen LogP contribution in [-0.2, 0) is 0 Å². The van der Waals surface area contributed by atoms with Crippen LogP contribution < -0.4 is 35.4 Å². The molecule has 4 N–H and O–H groups in total. The van der Waals surface area contributed by atoms with Crippen LogP contribution in [0.25, 0.3) is 0 Å². The molecule has 0 fully saturated rings. The van der Waals surface area contributed by atoms with Crippen molar-refractivity contribution in [1.29, 1.82) is 0 Å². The summed E-state index contributed by atoms with van der Waals surface area (Å²) < 4.78 is 0. The van der Waals surface area contributed by atoms with E-state index >= 15 is 0 Å². The number of rotatable bonds is 2. The van der Waals surface area contributed by atoms with Gasteiger partial charge < -0.3 is 35.4 Å². The summed E-state index contributed by atoms with van der Waals surface area (Å²) in [5, 5.41) is 0. The molecule has 0 saturated heterocycles. The Bertz CT molecular complexity index is 20.4. The lowest BCUT2D eigenvalue weighted by atomic mass is 10.4. The fourth-order valence-electron chi connectivity index (χ4n) is 0.118. The molecule has 0 aromatic carbocycles. The topological polar surface area (TPSA) is 52.0 Å². The van der Waals surface area contributed by atoms with E-state index in [1.165, 1.54) is 0 Å². The Labute approximate surface area is 56.8 Å². The number of hydrogen-bond donors (Lipinski definition) is 2. The molecule has 0 aliphatic rings. The second-order valence-electron chi connectivity index (χ2n) is 0.931. The van der Waals surface area contributed by atoms with E-state index in [2.05, 4.69) is 0 Å². The van der Waals surface area contributed by atoms with Crippen molar-refractivity contribution in [3.05, 3.63) is 0 Å². The molecule has 0 spiro atoms. The van der Waals surface area contributed by atoms with Crippen LogP contribution in [0.3, 0.4) is 0 Å². The van der Waals surface area contributed by atoms with Crippen molar-refractivity contribution in [2.24, 2.45) is 11.5 Å². The molecule has 0 radical (unpaired) electrons. The van der Waals surface area contributed by atoms with Crippen molar-refractivity contribution in [3.63, 3.8) is 0 Å². The molecule has 0 atom stereocenters. The minimum Gasteiger partial charge on any atom is -1.00 e. The third kappa shape index (κ3) is 8.82. The van der Waals surface area contributed by atoms with Crippen molar-refractivity contribution in [2.75, 3.05) is 13.1 Å². The molecule has 0 amide bonds. The van der Waals surface area contributed by atoms with Crippen LogP contribution in [0, 0.1) is 0 Å². The van der Waals surface area contributed by atoms with E-state index in [0.717, 1.165) is 19.5 Å². The quantitative estimate of drug-likeness (QED) is 0.455. The SMILES string of the molecule is NCCCN.[H+].[I-]. The van der Waals surface area contributed by atoms with Gasteiger partial charge in [0, 0.05) is 0 Å². The van der Waals surface area contributed by atoms with Crippen molar-refractivity contribution in [3.8, 4) is 0 Å². The molecule has 0 aliphatic carbocycles. The first kappa shape index (κ1) is 9.82. The van der Waals surface area contributed by atoms with Crippen LogP contribution in [0.15, 0.2) is 0 Å². The van der Waals surface area contributed by atoms with Crippen molar-refractivity contribution in [2.45, 2.75) is 6.42 Å². The van der Waals surface area contributed by atoms with Gasteiger partial charge in [-0.1, -0.05) is 0 Å². The van der Waals surface area contributed by atoms with Gasteiger partial charge in [0.2, 0.25) is 0 Å². The molecule has 0 aromatic rings. The highest BCUT2D eigenvalue weighted by Gasteiger charge is 1.67. The average Bonchev–Trinajstić information content (AvgIpc) is 1.41. The molecule has 0 saturated carbocycles. The maximum absolute atomic E-state index is 5.06. The molecule has 0 unspecified atom stereocenters. The minimum absolute atomic E-state index is 0. The summed E-state index contributed by atoms with van der Waals surface area (Å²) >= 11 is 0. The monoisotopic (exact) mass is 202 g/mol. The van der Waals surface area contributed by atoms with Gasteiger partial charge in [-0.15, -0.1) is 0 Å². The fraction of sp³-hybridized carbons (Fsp3) is 1.00. The first-order valence-corrected chi connectivity index (χ1v) is 1.82. The zero-order valence-electron chi connectivity index (χ0n) is 4.65. The number of nitrogens with two attached hydrogens (primary N) is 2. The summed E-state index contributed by atoms with van der Waals surface area (Å²) in [7, 11) is 0. The number of halogens is 1. The van der Waals surface area contributed by atoms with E-state index in [1.54, 1.807) is 0 Å². The van der Waals surface area contributed by atoms with E-state index < -0.39 is 0 Å². The van der Waals surface area contributed by atoms with Crippen LogP contribution in [-0.4, -0.2) is 13.1 Å². The third-order valence-electron chi connectivity index (χ3n) is 0.408. The van der Waals surface area contributed by atoms with Gasteiger partial charge in [-0.25, -0.2) is 0 Å². The molecule has 40 valence electrons. The van der Waals surface area contributed by atoms with Crippen molar-refractivity contribution >= 4 is 0 Å². The highest BCUT2D eigenvalue weighted by atomic mass is 127. The Hall–Kier alpha value is 0.650. The van der Waals surface area contributed by atoms with Gasteiger partial charge in [-0.3, -0.25) is 0 Å². The minimum atomic E-state index is 0. The Morgan fingerprint density at radius 2 is 1.50 bits per heavy atom. The smallest absolute Gasteiger partial charge is 1.00 e. The molecule has 0 heterocycles. The summed E-state index contributed by atoms with van der Waals surface area (Å²) in [5.41, 5.74) is 10.1. The lowest BCUT2D eigenvalue weighted by Gasteiger charge is -1.81. The Kier molecular flexibility index (Phi) is 15.0. The lowest BCUT2D eigenvalue weighted by molar-refractivity contribution is -0.00000132. The highest BCUT2D eigenvalue weighted by molar-refractivity contribution is 4.33. The van der Waals surface area contributed by atoms with Crippen LogP contribution in [0.5, 0.6) is 0 Å². The van der Waals surface area contributed by atoms with Gasteiger partial charge in [0.25, 0.3) is 0 Å². The molecular formula is C3H11IN2. The zero-order chi connectivity index (χ0) is 4.12. The van der Waals surface area contributed by atoms with Crippen LogP contribution in [0.4, 0.5) is 0 Å². The van der Waals surface area contributed by atoms with Gasteiger partial charge in [-0.2, -0.15) is 0 Å². The van der Waals surface area contributed by atoms with Crippen molar-refractivity contribution < 1.29 is 25.4 Å². The molecular weight excluding hydrogens is 191 g/mol. The Morgan fingerprint density at radius 1 is 1.17 bits per heavy atom. The summed E-state index contributed by atoms with van der Waals surface area (Å²) in [6.07, 6.45) is 0.944. The first-order chi connectivity index (χ1) is 2.41. The summed E-state index contributed by atoms with van der Waals surface area (Å²) in [5.74, 6) is 0. The largest absolute Gasteiger partial charge is 1.00 e. The lowest BCUT2D eigenvalue weighted by Crippen LogP contribution is -3.00. The van der Waals surface area contributed by atoms with Gasteiger partial charge >= 0.3 is 1.43 Å². The molecule has 6 heavy (non-hydrogen) atoms. The molecule has 0 aliphatic heterocycles.